The monoisotopic (exact) mass is 1060 g/mol. The maximum Gasteiger partial charge on any atom is 0.325 e. The van der Waals surface area contributed by atoms with E-state index in [4.69, 9.17) is 9.47 Å². The van der Waals surface area contributed by atoms with Gasteiger partial charge in [-0.2, -0.15) is 0 Å². The van der Waals surface area contributed by atoms with E-state index in [0.29, 0.717) is 37.7 Å². The van der Waals surface area contributed by atoms with Crippen LogP contribution in [0, 0.1) is 41.4 Å². The van der Waals surface area contributed by atoms with Gasteiger partial charge in [0.1, 0.15) is 35.8 Å². The topological polar surface area (TPSA) is 253 Å². The van der Waals surface area contributed by atoms with E-state index >= 15 is 0 Å². The van der Waals surface area contributed by atoms with Crippen molar-refractivity contribution < 1.29 is 58.7 Å². The Morgan fingerprint density at radius 2 is 1.78 bits per heavy atom. The number of aliphatic hydroxyl groups excluding tert-OH is 3. The molecule has 2 bridgehead atoms. The van der Waals surface area contributed by atoms with Gasteiger partial charge in [-0.05, 0) is 106 Å². The van der Waals surface area contributed by atoms with Crippen molar-refractivity contribution in [1.29, 1.82) is 0 Å². The van der Waals surface area contributed by atoms with Crippen molar-refractivity contribution >= 4 is 35.4 Å². The van der Waals surface area contributed by atoms with Crippen LogP contribution in [0.25, 0.3) is 0 Å². The number of ether oxygens (including phenoxy) is 2. The Labute approximate surface area is 449 Å². The molecule has 6 rings (SSSR count). The number of piperidine rings is 1. The van der Waals surface area contributed by atoms with Crippen molar-refractivity contribution in [3.05, 3.63) is 89.6 Å². The molecule has 2 saturated heterocycles. The van der Waals surface area contributed by atoms with E-state index in [1.54, 1.807) is 51.1 Å². The summed E-state index contributed by atoms with van der Waals surface area (Å²) in [5, 5.41) is 54.6. The van der Waals surface area contributed by atoms with E-state index in [-0.39, 0.29) is 79.4 Å². The van der Waals surface area contributed by atoms with Gasteiger partial charge in [0, 0.05) is 55.9 Å². The first kappa shape index (κ1) is 59.8. The number of nitrogens with zero attached hydrogens (tertiary/aromatic N) is 1. The van der Waals surface area contributed by atoms with Gasteiger partial charge in [0.2, 0.25) is 17.7 Å². The van der Waals surface area contributed by atoms with Gasteiger partial charge in [-0.1, -0.05) is 102 Å². The molecule has 4 aliphatic heterocycles. The number of cyclic esters (lactones) is 1. The van der Waals surface area contributed by atoms with E-state index < -0.39 is 89.7 Å². The fraction of sp³-hybridized carbons (Fsp3) is 0.627. The number of fused-ring (bicyclic) bond motifs is 2. The standard InChI is InChI=1S/C59H85N5O12/c1-9-41-31-43-32-42-28-37(6)51(76-59(42,43)62-54(41)70)33-49(68)35(4)18-12-10-13-19-36(5)50-24-15-11-14-23-48(67)39(8)53(69)45(26-25-38(7)65)55(71)61-52(34(2)3)56(72)60-47(30-40-20-16-21-44(66)29-40)57(73)64-27-17-22-46(63-64)58(74)75-50/h10-11,13-16,19-21,23,28-29,34-35,37,39,41,43,45-53,63,66-69H,9,12,17-18,22,24-27,30-33H2,1-8H3,(H,60,72)(H,61,71)(H,62,70)/b13-10+,15-11+,23-14+,36-19+/t35-,37+,39-,41-,43+,45+,46?,47-,48-,49-,50-,51-,52-,53+,59-/m0/s1. The van der Waals surface area contributed by atoms with Gasteiger partial charge < -0.3 is 50.6 Å². The van der Waals surface area contributed by atoms with Crippen molar-refractivity contribution in [3.63, 3.8) is 0 Å². The third-order valence-corrected chi connectivity index (χ3v) is 16.3. The van der Waals surface area contributed by atoms with Crippen LogP contribution in [-0.4, -0.2) is 122 Å². The van der Waals surface area contributed by atoms with Crippen LogP contribution in [0.15, 0.2) is 84.0 Å². The molecule has 1 spiro atoms. The van der Waals surface area contributed by atoms with Crippen LogP contribution >= 0.6 is 0 Å². The maximum atomic E-state index is 14.5. The molecule has 1 saturated carbocycles. The SMILES string of the molecule is CC[C@H]1C[C@@H]2CC3=C[C@@H](C)[C@H](C[C@H](O)[C@@H](C)CC/C=C/C=C(\C)[C@@H]4C/C=C/C=C/[C@H](O)[C@H](C)[C@@H](O)[C@@H](CCC(C)=O)C(=O)N[C@@H](C(C)C)C(=O)N[C@@H](Cc5cccc(O)c5)C(=O)N5CCCC(N5)C(=O)O4)O[C@@]32NC1=O. The average Bonchev–Trinajstić information content (AvgIpc) is 3.46. The van der Waals surface area contributed by atoms with Crippen LogP contribution in [0.3, 0.4) is 0 Å². The zero-order valence-electron chi connectivity index (χ0n) is 45.8. The lowest BCUT2D eigenvalue weighted by Gasteiger charge is -2.59. The second-order valence-corrected chi connectivity index (χ2v) is 22.5. The van der Waals surface area contributed by atoms with E-state index in [0.717, 1.165) is 30.4 Å². The number of nitrogens with one attached hydrogen (secondary N) is 4. The number of esters is 1. The Balaban J connectivity index is 1.18. The Morgan fingerprint density at radius 1 is 1.01 bits per heavy atom. The molecule has 17 heteroatoms. The Bertz CT molecular complexity index is 2380. The van der Waals surface area contributed by atoms with Crippen LogP contribution < -0.4 is 21.4 Å². The van der Waals surface area contributed by atoms with Crippen LogP contribution in [-0.2, 0) is 44.7 Å². The summed E-state index contributed by atoms with van der Waals surface area (Å²) in [6.45, 7) is 14.6. The molecule has 0 aromatic heterocycles. The Morgan fingerprint density at radius 3 is 2.49 bits per heavy atom. The molecule has 4 amide bonds. The molecule has 1 aromatic carbocycles. The van der Waals surface area contributed by atoms with E-state index in [2.05, 4.69) is 34.4 Å². The molecule has 1 unspecified atom stereocenters. The Kier molecular flexibility index (Phi) is 21.4. The fourth-order valence-electron chi connectivity index (χ4n) is 11.1. The zero-order chi connectivity index (χ0) is 55.4. The number of rotatable bonds is 15. The smallest absolute Gasteiger partial charge is 0.325 e. The molecule has 5 aliphatic rings. The van der Waals surface area contributed by atoms with E-state index in [1.807, 2.05) is 39.0 Å². The number of phenols is 1. The van der Waals surface area contributed by atoms with Crippen LogP contribution in [0.2, 0.25) is 0 Å². The van der Waals surface area contributed by atoms with Crippen molar-refractivity contribution in [2.24, 2.45) is 41.4 Å². The minimum atomic E-state index is -1.43. The lowest BCUT2D eigenvalue weighted by molar-refractivity contribution is -0.205. The first-order chi connectivity index (χ1) is 36.1. The number of aliphatic hydroxyl groups is 3. The summed E-state index contributed by atoms with van der Waals surface area (Å²) >= 11 is 0. The van der Waals surface area contributed by atoms with Gasteiger partial charge in [0.05, 0.1) is 30.3 Å². The number of phenolic OH excluding ortho intramolecular Hbond substituents is 1. The fourth-order valence-corrected chi connectivity index (χ4v) is 11.1. The number of hydrazine groups is 1. The predicted octanol–water partition coefficient (Wildman–Crippen LogP) is 5.72. The molecular formula is C59H85N5O12. The zero-order valence-corrected chi connectivity index (χ0v) is 45.8. The summed E-state index contributed by atoms with van der Waals surface area (Å²) in [6.07, 6.45) is 15.6. The number of benzene rings is 1. The van der Waals surface area contributed by atoms with Gasteiger partial charge in [-0.15, -0.1) is 0 Å². The highest BCUT2D eigenvalue weighted by Gasteiger charge is 2.60. The lowest BCUT2D eigenvalue weighted by atomic mass is 9.62. The van der Waals surface area contributed by atoms with Crippen molar-refractivity contribution in [2.75, 3.05) is 6.54 Å². The first-order valence-electron chi connectivity index (χ1n) is 27.7. The summed E-state index contributed by atoms with van der Waals surface area (Å²) in [7, 11) is 0. The summed E-state index contributed by atoms with van der Waals surface area (Å²) in [5.74, 6) is -4.97. The molecule has 15 atom stereocenters. The largest absolute Gasteiger partial charge is 0.508 e. The highest BCUT2D eigenvalue weighted by atomic mass is 16.5. The molecule has 3 fully saturated rings. The first-order valence-corrected chi connectivity index (χ1v) is 27.7. The number of hydrogen-bond donors (Lipinski definition) is 8. The predicted molar refractivity (Wildman–Crippen MR) is 287 cm³/mol. The van der Waals surface area contributed by atoms with Crippen molar-refractivity contribution in [2.45, 2.75) is 187 Å². The molecule has 76 heavy (non-hydrogen) atoms. The van der Waals surface area contributed by atoms with Crippen LogP contribution in [0.5, 0.6) is 5.75 Å². The number of allylic oxidation sites excluding steroid dienone is 5. The summed E-state index contributed by atoms with van der Waals surface area (Å²) < 4.78 is 12.9. The Hall–Kier alpha value is -5.46. The summed E-state index contributed by atoms with van der Waals surface area (Å²) in [4.78, 5) is 81.9. The number of amides is 4. The average molecular weight is 1060 g/mol. The van der Waals surface area contributed by atoms with Crippen LogP contribution in [0.4, 0.5) is 0 Å². The number of carbonyl (C=O) groups excluding carboxylic acids is 6. The minimum absolute atomic E-state index is 0.00420. The molecule has 0 radical (unpaired) electrons. The maximum absolute atomic E-state index is 14.5. The summed E-state index contributed by atoms with van der Waals surface area (Å²) in [6, 6.07) is 2.96. The molecule has 1 aromatic rings. The second kappa shape index (κ2) is 27.2. The lowest BCUT2D eigenvalue weighted by Crippen LogP contribution is -2.70. The molecule has 17 nitrogen and oxygen atoms in total. The molecule has 4 heterocycles. The van der Waals surface area contributed by atoms with Gasteiger partial charge in [-0.25, -0.2) is 5.43 Å². The van der Waals surface area contributed by atoms with Crippen LogP contribution in [0.1, 0.15) is 132 Å². The number of Topliss-reactive ketones (excluding diaryl/α,β-unsaturated/α-hetero) is 1. The van der Waals surface area contributed by atoms with E-state index in [1.165, 1.54) is 30.1 Å². The van der Waals surface area contributed by atoms with Gasteiger partial charge >= 0.3 is 5.97 Å². The number of carbonyl (C=O) groups is 6. The molecule has 8 N–H and O–H groups in total. The van der Waals surface area contributed by atoms with Crippen molar-refractivity contribution in [3.8, 4) is 5.75 Å². The number of hydrogen-bond acceptors (Lipinski definition) is 13. The summed E-state index contributed by atoms with van der Waals surface area (Å²) in [5.41, 5.74) is 4.73. The molecule has 418 valence electrons. The second-order valence-electron chi connectivity index (χ2n) is 22.5. The van der Waals surface area contributed by atoms with Gasteiger partial charge in [0.25, 0.3) is 5.91 Å². The normalized spacial score (nSPS) is 33.9. The minimum Gasteiger partial charge on any atom is -0.508 e. The molecular weight excluding hydrogens is 971 g/mol. The third kappa shape index (κ3) is 15.2. The van der Waals surface area contributed by atoms with Crippen molar-refractivity contribution in [1.82, 2.24) is 26.4 Å². The van der Waals surface area contributed by atoms with E-state index in [9.17, 15) is 49.2 Å². The third-order valence-electron chi connectivity index (χ3n) is 16.3. The van der Waals surface area contributed by atoms with Gasteiger partial charge in [-0.3, -0.25) is 29.0 Å². The number of ketones is 1. The highest BCUT2D eigenvalue weighted by molar-refractivity contribution is 5.93. The quantitative estimate of drug-likeness (QED) is 0.0595. The highest BCUT2D eigenvalue weighted by Crippen LogP contribution is 2.54. The number of aromatic hydroxyl groups is 1. The molecule has 1 aliphatic carbocycles. The van der Waals surface area contributed by atoms with Gasteiger partial charge in [0.15, 0.2) is 5.72 Å².